The largest absolute Gasteiger partial charge is 0.355 e. The molecule has 4 nitrogen and oxygen atoms in total. The average molecular weight is 389 g/mol. The van der Waals surface area contributed by atoms with E-state index in [0.717, 1.165) is 15.7 Å². The van der Waals surface area contributed by atoms with Gasteiger partial charge in [-0.05, 0) is 43.7 Å². The first-order chi connectivity index (χ1) is 11.4. The lowest BCUT2D eigenvalue weighted by atomic mass is 9.84. The molecule has 0 unspecified atom stereocenters. The minimum atomic E-state index is -0.635. The molecule has 0 aliphatic heterocycles. The van der Waals surface area contributed by atoms with Gasteiger partial charge in [-0.25, -0.2) is 0 Å². The molecule has 2 amide bonds. The molecule has 0 atom stereocenters. The van der Waals surface area contributed by atoms with Crippen LogP contribution in [-0.4, -0.2) is 18.4 Å². The molecule has 126 valence electrons. The third-order valence-electron chi connectivity index (χ3n) is 3.83. The first-order valence-corrected chi connectivity index (χ1v) is 8.58. The third kappa shape index (κ3) is 4.93. The van der Waals surface area contributed by atoms with E-state index in [1.54, 1.807) is 0 Å². The number of amides is 2. The molecule has 0 aliphatic rings. The van der Waals surface area contributed by atoms with Crippen molar-refractivity contribution in [1.29, 1.82) is 0 Å². The molecule has 2 rings (SSSR count). The molecule has 2 N–H and O–H groups in total. The Morgan fingerprint density at radius 3 is 2.25 bits per heavy atom. The lowest BCUT2D eigenvalue weighted by molar-refractivity contribution is -0.125. The summed E-state index contributed by atoms with van der Waals surface area (Å²) in [6.07, 6.45) is 0.229. The summed E-state index contributed by atoms with van der Waals surface area (Å²) >= 11 is 3.35. The van der Waals surface area contributed by atoms with Crippen LogP contribution in [0.15, 0.2) is 59.1 Å². The lowest BCUT2D eigenvalue weighted by Crippen LogP contribution is -2.41. The second-order valence-corrected chi connectivity index (χ2v) is 6.97. The molecular weight excluding hydrogens is 368 g/mol. The summed E-state index contributed by atoms with van der Waals surface area (Å²) < 4.78 is 0.955. The lowest BCUT2D eigenvalue weighted by Gasteiger charge is -2.24. The van der Waals surface area contributed by atoms with Crippen LogP contribution in [-0.2, 0) is 15.0 Å². The molecule has 0 saturated carbocycles. The smallest absolute Gasteiger partial charge is 0.230 e. The van der Waals surface area contributed by atoms with Gasteiger partial charge >= 0.3 is 0 Å². The van der Waals surface area contributed by atoms with E-state index in [4.69, 9.17) is 0 Å². The maximum atomic E-state index is 12.4. The maximum absolute atomic E-state index is 12.4. The maximum Gasteiger partial charge on any atom is 0.230 e. The summed E-state index contributed by atoms with van der Waals surface area (Å²) in [5, 5.41) is 5.64. The van der Waals surface area contributed by atoms with Crippen molar-refractivity contribution >= 4 is 33.4 Å². The highest BCUT2D eigenvalue weighted by molar-refractivity contribution is 9.10. The predicted molar refractivity (Wildman–Crippen MR) is 99.9 cm³/mol. The van der Waals surface area contributed by atoms with Crippen molar-refractivity contribution in [3.05, 3.63) is 64.6 Å². The van der Waals surface area contributed by atoms with Crippen molar-refractivity contribution < 1.29 is 9.59 Å². The van der Waals surface area contributed by atoms with Crippen LogP contribution in [0, 0.1) is 0 Å². The van der Waals surface area contributed by atoms with E-state index in [1.807, 2.05) is 68.4 Å². The zero-order valence-electron chi connectivity index (χ0n) is 13.8. The molecule has 0 radical (unpaired) electrons. The Morgan fingerprint density at radius 2 is 1.62 bits per heavy atom. The minimum absolute atomic E-state index is 0.0925. The summed E-state index contributed by atoms with van der Waals surface area (Å²) in [7, 11) is 0. The summed E-state index contributed by atoms with van der Waals surface area (Å²) in [4.78, 5) is 24.3. The number of nitrogens with one attached hydrogen (secondary N) is 2. The molecule has 0 spiro atoms. The Hall–Kier alpha value is -2.14. The van der Waals surface area contributed by atoms with Crippen LogP contribution in [0.25, 0.3) is 0 Å². The van der Waals surface area contributed by atoms with Gasteiger partial charge in [0.15, 0.2) is 0 Å². The fourth-order valence-corrected chi connectivity index (χ4v) is 2.52. The number of rotatable bonds is 6. The van der Waals surface area contributed by atoms with E-state index >= 15 is 0 Å². The highest BCUT2D eigenvalue weighted by Gasteiger charge is 2.29. The molecule has 0 saturated heterocycles. The van der Waals surface area contributed by atoms with Crippen LogP contribution in [0.1, 0.15) is 25.8 Å². The summed E-state index contributed by atoms with van der Waals surface area (Å²) in [6, 6.07) is 17.0. The number of hydrogen-bond acceptors (Lipinski definition) is 2. The summed E-state index contributed by atoms with van der Waals surface area (Å²) in [5.41, 5.74) is 1.05. The topological polar surface area (TPSA) is 58.2 Å². The van der Waals surface area contributed by atoms with Gasteiger partial charge in [0.1, 0.15) is 0 Å². The highest BCUT2D eigenvalue weighted by atomic mass is 79.9. The number of carbonyl (C=O) groups excluding carboxylic acids is 2. The van der Waals surface area contributed by atoms with Gasteiger partial charge in [-0.15, -0.1) is 0 Å². The number of anilines is 1. The van der Waals surface area contributed by atoms with Gasteiger partial charge in [-0.1, -0.05) is 46.3 Å². The number of hydrogen-bond donors (Lipinski definition) is 2. The minimum Gasteiger partial charge on any atom is -0.355 e. The fourth-order valence-electron chi connectivity index (χ4n) is 2.25. The number of carbonyl (C=O) groups is 2. The SMILES string of the molecule is CC(C)(C(=O)NCCC(=O)Nc1ccc(Br)cc1)c1ccccc1. The molecular formula is C19H21BrN2O2. The zero-order chi connectivity index (χ0) is 17.6. The molecule has 0 heterocycles. The zero-order valence-corrected chi connectivity index (χ0v) is 15.4. The second-order valence-electron chi connectivity index (χ2n) is 6.05. The van der Waals surface area contributed by atoms with Gasteiger partial charge < -0.3 is 10.6 Å². The molecule has 5 heteroatoms. The van der Waals surface area contributed by atoms with Crippen LogP contribution < -0.4 is 10.6 Å². The number of halogens is 1. The van der Waals surface area contributed by atoms with Gasteiger partial charge in [0.25, 0.3) is 0 Å². The summed E-state index contributed by atoms with van der Waals surface area (Å²) in [6.45, 7) is 4.05. The van der Waals surface area contributed by atoms with Crippen molar-refractivity contribution in [3.63, 3.8) is 0 Å². The van der Waals surface area contributed by atoms with Crippen molar-refractivity contribution in [3.8, 4) is 0 Å². The van der Waals surface area contributed by atoms with E-state index in [0.29, 0.717) is 6.54 Å². The van der Waals surface area contributed by atoms with Crippen LogP contribution in [0.5, 0.6) is 0 Å². The van der Waals surface area contributed by atoms with E-state index in [2.05, 4.69) is 26.6 Å². The first kappa shape index (κ1) is 18.2. The molecule has 0 bridgehead atoms. The van der Waals surface area contributed by atoms with Gasteiger partial charge in [0.05, 0.1) is 5.41 Å². The van der Waals surface area contributed by atoms with Gasteiger partial charge in [-0.3, -0.25) is 9.59 Å². The molecule has 2 aromatic rings. The van der Waals surface area contributed by atoms with E-state index in [-0.39, 0.29) is 18.2 Å². The standard InChI is InChI=1S/C19H21BrN2O2/c1-19(2,14-6-4-3-5-7-14)18(24)21-13-12-17(23)22-16-10-8-15(20)9-11-16/h3-11H,12-13H2,1-2H3,(H,21,24)(H,22,23). The molecule has 0 aliphatic carbocycles. The first-order valence-electron chi connectivity index (χ1n) is 7.79. The Balaban J connectivity index is 1.81. The van der Waals surface area contributed by atoms with Crippen LogP contribution >= 0.6 is 15.9 Å². The molecule has 0 fully saturated rings. The molecule has 24 heavy (non-hydrogen) atoms. The Kier molecular flexibility index (Phi) is 6.15. The van der Waals surface area contributed by atoms with Crippen molar-refractivity contribution in [2.45, 2.75) is 25.7 Å². The monoisotopic (exact) mass is 388 g/mol. The predicted octanol–water partition coefficient (Wildman–Crippen LogP) is 3.87. The van der Waals surface area contributed by atoms with Crippen LogP contribution in [0.2, 0.25) is 0 Å². The van der Waals surface area contributed by atoms with Crippen LogP contribution in [0.3, 0.4) is 0 Å². The quantitative estimate of drug-likeness (QED) is 0.788. The van der Waals surface area contributed by atoms with E-state index < -0.39 is 5.41 Å². The molecule has 2 aromatic carbocycles. The summed E-state index contributed by atoms with van der Waals surface area (Å²) in [5.74, 6) is -0.222. The van der Waals surface area contributed by atoms with Crippen molar-refractivity contribution in [1.82, 2.24) is 5.32 Å². The average Bonchev–Trinajstić information content (AvgIpc) is 2.57. The van der Waals surface area contributed by atoms with Gasteiger partial charge in [0, 0.05) is 23.1 Å². The van der Waals surface area contributed by atoms with E-state index in [1.165, 1.54) is 0 Å². The number of benzene rings is 2. The Bertz CT molecular complexity index is 697. The van der Waals surface area contributed by atoms with Gasteiger partial charge in [-0.2, -0.15) is 0 Å². The Labute approximate surface area is 150 Å². The normalized spacial score (nSPS) is 11.0. The second kappa shape index (κ2) is 8.11. The van der Waals surface area contributed by atoms with Crippen LogP contribution in [0.4, 0.5) is 5.69 Å². The van der Waals surface area contributed by atoms with Gasteiger partial charge in [0.2, 0.25) is 11.8 Å². The third-order valence-corrected chi connectivity index (χ3v) is 4.36. The fraction of sp³-hybridized carbons (Fsp3) is 0.263. The highest BCUT2D eigenvalue weighted by Crippen LogP contribution is 2.22. The van der Waals surface area contributed by atoms with Crippen molar-refractivity contribution in [2.75, 3.05) is 11.9 Å². The van der Waals surface area contributed by atoms with E-state index in [9.17, 15) is 9.59 Å². The van der Waals surface area contributed by atoms with Crippen molar-refractivity contribution in [2.24, 2.45) is 0 Å². The Morgan fingerprint density at radius 1 is 1.00 bits per heavy atom. The molecule has 0 aromatic heterocycles.